The molecule has 0 saturated carbocycles. The van der Waals surface area contributed by atoms with E-state index in [9.17, 15) is 9.18 Å². The number of halogens is 1. The maximum Gasteiger partial charge on any atom is 0.249 e. The highest BCUT2D eigenvalue weighted by atomic mass is 19.1. The van der Waals surface area contributed by atoms with E-state index in [-0.39, 0.29) is 11.4 Å². The molecule has 0 fully saturated rings. The predicted molar refractivity (Wildman–Crippen MR) is 83.9 cm³/mol. The number of pyridine rings is 2. The third kappa shape index (κ3) is 2.02. The van der Waals surface area contributed by atoms with Crippen molar-refractivity contribution in [2.24, 2.45) is 4.99 Å². The summed E-state index contributed by atoms with van der Waals surface area (Å²) >= 11 is 0. The second kappa shape index (κ2) is 4.87. The van der Waals surface area contributed by atoms with E-state index < -0.39 is 0 Å². The van der Waals surface area contributed by atoms with E-state index >= 15 is 0 Å². The van der Waals surface area contributed by atoms with E-state index in [2.05, 4.69) is 15.0 Å². The Balaban J connectivity index is 2.00. The molecule has 0 spiro atoms. The van der Waals surface area contributed by atoms with Gasteiger partial charge in [-0.25, -0.2) is 9.37 Å². The van der Waals surface area contributed by atoms with Crippen molar-refractivity contribution in [1.82, 2.24) is 9.97 Å². The molecule has 0 aliphatic carbocycles. The molecule has 1 aromatic carbocycles. The van der Waals surface area contributed by atoms with Gasteiger partial charge >= 0.3 is 0 Å². The van der Waals surface area contributed by atoms with Crippen LogP contribution < -0.4 is 5.56 Å². The van der Waals surface area contributed by atoms with E-state index in [1.807, 2.05) is 6.07 Å². The van der Waals surface area contributed by atoms with Gasteiger partial charge in [-0.3, -0.25) is 9.79 Å². The van der Waals surface area contributed by atoms with Crippen molar-refractivity contribution in [2.45, 2.75) is 6.42 Å². The highest BCUT2D eigenvalue weighted by Gasteiger charge is 2.14. The fraction of sp³-hybridized carbons (Fsp3) is 0.118. The number of aromatic nitrogens is 2. The summed E-state index contributed by atoms with van der Waals surface area (Å²) in [5, 5.41) is 0.716. The topological polar surface area (TPSA) is 58.1 Å². The van der Waals surface area contributed by atoms with Crippen LogP contribution in [0, 0.1) is 5.82 Å². The van der Waals surface area contributed by atoms with Crippen molar-refractivity contribution in [3.63, 3.8) is 0 Å². The van der Waals surface area contributed by atoms with Gasteiger partial charge in [0.15, 0.2) is 0 Å². The number of H-pyrrole nitrogens is 1. The summed E-state index contributed by atoms with van der Waals surface area (Å²) in [6.45, 7) is 0.700. The Labute approximate surface area is 125 Å². The summed E-state index contributed by atoms with van der Waals surface area (Å²) in [6, 6.07) is 8.24. The zero-order valence-electron chi connectivity index (χ0n) is 11.6. The molecule has 0 atom stereocenters. The summed E-state index contributed by atoms with van der Waals surface area (Å²) in [6.07, 6.45) is 4.11. The summed E-state index contributed by atoms with van der Waals surface area (Å²) in [5.41, 5.74) is 3.35. The third-order valence-electron chi connectivity index (χ3n) is 3.89. The molecule has 1 aliphatic heterocycles. The molecule has 1 aliphatic rings. The van der Waals surface area contributed by atoms with Gasteiger partial charge in [0.25, 0.3) is 0 Å². The van der Waals surface area contributed by atoms with Crippen LogP contribution in [0.3, 0.4) is 0 Å². The molecule has 0 bridgehead atoms. The van der Waals surface area contributed by atoms with Gasteiger partial charge in [-0.1, -0.05) is 0 Å². The smallest absolute Gasteiger partial charge is 0.249 e. The van der Waals surface area contributed by atoms with Crippen LogP contribution in [-0.4, -0.2) is 22.7 Å². The average Bonchev–Trinajstić information content (AvgIpc) is 2.53. The number of nitrogens with one attached hydrogen (secondary N) is 1. The highest BCUT2D eigenvalue weighted by Crippen LogP contribution is 2.30. The number of nitrogens with zero attached hydrogens (tertiary/aromatic N) is 2. The van der Waals surface area contributed by atoms with Crippen molar-refractivity contribution in [3.05, 3.63) is 63.8 Å². The van der Waals surface area contributed by atoms with Gasteiger partial charge in [0.05, 0.1) is 0 Å². The Morgan fingerprint density at radius 3 is 2.95 bits per heavy atom. The van der Waals surface area contributed by atoms with E-state index in [1.165, 1.54) is 6.07 Å². The van der Waals surface area contributed by atoms with Crippen LogP contribution >= 0.6 is 0 Å². The third-order valence-corrected chi connectivity index (χ3v) is 3.89. The van der Waals surface area contributed by atoms with Crippen molar-refractivity contribution in [1.29, 1.82) is 0 Å². The van der Waals surface area contributed by atoms with Gasteiger partial charge in [-0.2, -0.15) is 0 Å². The molecule has 1 N–H and O–H groups in total. The lowest BCUT2D eigenvalue weighted by atomic mass is 9.95. The molecule has 0 saturated heterocycles. The molecule has 4 nitrogen and oxygen atoms in total. The molecular formula is C17H12FN3O. The number of aliphatic imine (C=N–C) groups is 1. The van der Waals surface area contributed by atoms with Crippen LogP contribution in [0.2, 0.25) is 0 Å². The first-order valence-corrected chi connectivity index (χ1v) is 7.03. The van der Waals surface area contributed by atoms with Crippen LogP contribution in [0.15, 0.2) is 46.3 Å². The standard InChI is InChI=1S/C17H12FN3O/c18-15-8-10-3-5-19-9-11(10)7-14(15)12-4-6-20-17-13(12)1-2-16(22)21-17/h1-2,4,6-9H,3,5H2,(H,20,21,22). The molecule has 3 aromatic rings. The summed E-state index contributed by atoms with van der Waals surface area (Å²) < 4.78 is 14.5. The number of fused-ring (bicyclic) bond motifs is 2. The lowest BCUT2D eigenvalue weighted by Gasteiger charge is -2.14. The minimum atomic E-state index is -0.271. The van der Waals surface area contributed by atoms with Gasteiger partial charge in [0, 0.05) is 36.0 Å². The van der Waals surface area contributed by atoms with Crippen LogP contribution in [0.4, 0.5) is 4.39 Å². The van der Waals surface area contributed by atoms with Crippen molar-refractivity contribution in [2.75, 3.05) is 6.54 Å². The Bertz CT molecular complexity index is 975. The summed E-state index contributed by atoms with van der Waals surface area (Å²) in [4.78, 5) is 22.5. The monoisotopic (exact) mass is 293 g/mol. The summed E-state index contributed by atoms with van der Waals surface area (Å²) in [7, 11) is 0. The Hall–Kier alpha value is -2.82. The quantitative estimate of drug-likeness (QED) is 0.750. The lowest BCUT2D eigenvalue weighted by molar-refractivity contribution is 0.628. The zero-order valence-corrected chi connectivity index (χ0v) is 11.6. The predicted octanol–water partition coefficient (Wildman–Crippen LogP) is 2.70. The molecule has 2 aromatic heterocycles. The first kappa shape index (κ1) is 12.9. The van der Waals surface area contributed by atoms with Crippen molar-refractivity contribution in [3.8, 4) is 11.1 Å². The molecule has 22 heavy (non-hydrogen) atoms. The molecule has 0 amide bonds. The molecule has 0 radical (unpaired) electrons. The molecule has 0 unspecified atom stereocenters. The number of hydrogen-bond donors (Lipinski definition) is 1. The number of aromatic amines is 1. The van der Waals surface area contributed by atoms with E-state index in [0.29, 0.717) is 28.7 Å². The minimum Gasteiger partial charge on any atom is -0.307 e. The van der Waals surface area contributed by atoms with Gasteiger partial charge in [-0.05, 0) is 47.4 Å². The summed E-state index contributed by atoms with van der Waals surface area (Å²) in [5.74, 6) is -0.271. The van der Waals surface area contributed by atoms with Gasteiger partial charge < -0.3 is 4.98 Å². The maximum absolute atomic E-state index is 14.5. The second-order valence-electron chi connectivity index (χ2n) is 5.26. The van der Waals surface area contributed by atoms with Gasteiger partial charge in [-0.15, -0.1) is 0 Å². The molecule has 108 valence electrons. The minimum absolute atomic E-state index is 0.227. The van der Waals surface area contributed by atoms with E-state index in [1.54, 1.807) is 30.6 Å². The molecular weight excluding hydrogens is 281 g/mol. The number of benzene rings is 1. The Kier molecular flexibility index (Phi) is 2.85. The molecule has 5 heteroatoms. The van der Waals surface area contributed by atoms with Crippen LogP contribution in [0.1, 0.15) is 11.1 Å². The number of rotatable bonds is 1. The zero-order chi connectivity index (χ0) is 15.1. The average molecular weight is 293 g/mol. The lowest BCUT2D eigenvalue weighted by Crippen LogP contribution is -2.06. The van der Waals surface area contributed by atoms with Gasteiger partial charge in [0.1, 0.15) is 11.5 Å². The van der Waals surface area contributed by atoms with E-state index in [0.717, 1.165) is 17.5 Å². The second-order valence-corrected chi connectivity index (χ2v) is 5.26. The number of hydrogen-bond acceptors (Lipinski definition) is 3. The Morgan fingerprint density at radius 2 is 2.05 bits per heavy atom. The van der Waals surface area contributed by atoms with E-state index in [4.69, 9.17) is 0 Å². The SMILES string of the molecule is O=c1ccc2c(-c3cc4c(cc3F)CCN=C4)ccnc2[nH]1. The normalized spacial score (nSPS) is 13.3. The highest BCUT2D eigenvalue weighted by molar-refractivity contribution is 5.94. The van der Waals surface area contributed by atoms with Gasteiger partial charge in [0.2, 0.25) is 5.56 Å². The van der Waals surface area contributed by atoms with Crippen molar-refractivity contribution < 1.29 is 4.39 Å². The van der Waals surface area contributed by atoms with Crippen LogP contribution in [0.5, 0.6) is 0 Å². The molecule has 4 rings (SSSR count). The van der Waals surface area contributed by atoms with Crippen LogP contribution in [-0.2, 0) is 6.42 Å². The fourth-order valence-corrected chi connectivity index (χ4v) is 2.82. The molecule has 3 heterocycles. The fourth-order valence-electron chi connectivity index (χ4n) is 2.82. The maximum atomic E-state index is 14.5. The first-order valence-electron chi connectivity index (χ1n) is 7.03. The Morgan fingerprint density at radius 1 is 1.14 bits per heavy atom. The van der Waals surface area contributed by atoms with Crippen LogP contribution in [0.25, 0.3) is 22.2 Å². The van der Waals surface area contributed by atoms with Crippen molar-refractivity contribution >= 4 is 17.2 Å². The first-order chi connectivity index (χ1) is 10.7. The largest absolute Gasteiger partial charge is 0.307 e.